The van der Waals surface area contributed by atoms with E-state index in [1.165, 1.54) is 6.92 Å². The topological polar surface area (TPSA) is 41.1 Å². The number of benzene rings is 1. The van der Waals surface area contributed by atoms with Crippen LogP contribution >= 0.6 is 0 Å². The van der Waals surface area contributed by atoms with Crippen LogP contribution in [0.5, 0.6) is 0 Å². The van der Waals surface area contributed by atoms with Gasteiger partial charge in [0.15, 0.2) is 11.6 Å². The van der Waals surface area contributed by atoms with E-state index in [0.717, 1.165) is 0 Å². The summed E-state index contributed by atoms with van der Waals surface area (Å²) in [6.07, 6.45) is 0.713. The molecule has 0 saturated heterocycles. The molecule has 0 saturated carbocycles. The van der Waals surface area contributed by atoms with Gasteiger partial charge in [-0.3, -0.25) is 4.79 Å². The Morgan fingerprint density at radius 2 is 1.75 bits per heavy atom. The largest absolute Gasteiger partial charge is 0.369 e. The second-order valence-electron chi connectivity index (χ2n) is 5.34. The summed E-state index contributed by atoms with van der Waals surface area (Å²) in [5.41, 5.74) is -0.921. The predicted molar refractivity (Wildman–Crippen MR) is 71.9 cm³/mol. The molecule has 2 N–H and O–H groups in total. The van der Waals surface area contributed by atoms with Gasteiger partial charge < -0.3 is 10.6 Å². The van der Waals surface area contributed by atoms with E-state index in [1.54, 1.807) is 0 Å². The van der Waals surface area contributed by atoms with Crippen molar-refractivity contribution in [2.45, 2.75) is 45.7 Å². The SMILES string of the molecule is CCC(C)(C)NC(=O)C(C)Nc1c(F)cc(F)cc1F. The minimum atomic E-state index is -1.07. The fourth-order valence-electron chi connectivity index (χ4n) is 1.49. The molecule has 0 bridgehead atoms. The molecule has 1 aromatic rings. The van der Waals surface area contributed by atoms with Gasteiger partial charge in [-0.2, -0.15) is 0 Å². The van der Waals surface area contributed by atoms with Crippen LogP contribution in [0.15, 0.2) is 12.1 Å². The van der Waals surface area contributed by atoms with Crippen molar-refractivity contribution in [3.05, 3.63) is 29.6 Å². The lowest BCUT2D eigenvalue weighted by Gasteiger charge is -2.27. The summed E-state index contributed by atoms with van der Waals surface area (Å²) in [6, 6.07) is 0.271. The normalized spacial score (nSPS) is 12.9. The average Bonchev–Trinajstić information content (AvgIpc) is 2.32. The molecule has 1 aromatic carbocycles. The molecule has 112 valence electrons. The van der Waals surface area contributed by atoms with Crippen molar-refractivity contribution in [2.24, 2.45) is 0 Å². The van der Waals surface area contributed by atoms with Gasteiger partial charge >= 0.3 is 0 Å². The Labute approximate surface area is 116 Å². The van der Waals surface area contributed by atoms with Gasteiger partial charge in [0.2, 0.25) is 5.91 Å². The van der Waals surface area contributed by atoms with Crippen molar-refractivity contribution in [1.82, 2.24) is 5.32 Å². The van der Waals surface area contributed by atoms with E-state index in [1.807, 2.05) is 20.8 Å². The molecule has 1 amide bonds. The minimum Gasteiger partial charge on any atom is -0.369 e. The third-order valence-electron chi connectivity index (χ3n) is 3.11. The molecule has 0 fully saturated rings. The number of hydrogen-bond donors (Lipinski definition) is 2. The van der Waals surface area contributed by atoms with Gasteiger partial charge in [-0.15, -0.1) is 0 Å². The molecular formula is C14H19F3N2O. The van der Waals surface area contributed by atoms with Crippen molar-refractivity contribution in [2.75, 3.05) is 5.32 Å². The second-order valence-corrected chi connectivity index (χ2v) is 5.34. The first kappa shape index (κ1) is 16.3. The Morgan fingerprint density at radius 3 is 2.20 bits per heavy atom. The number of rotatable bonds is 5. The van der Waals surface area contributed by atoms with E-state index >= 15 is 0 Å². The predicted octanol–water partition coefficient (Wildman–Crippen LogP) is 3.21. The van der Waals surface area contributed by atoms with Crippen LogP contribution in [0.1, 0.15) is 34.1 Å². The van der Waals surface area contributed by atoms with Crippen molar-refractivity contribution >= 4 is 11.6 Å². The van der Waals surface area contributed by atoms with Gasteiger partial charge in [0.05, 0.1) is 0 Å². The van der Waals surface area contributed by atoms with Gasteiger partial charge in [-0.05, 0) is 27.2 Å². The summed E-state index contributed by atoms with van der Waals surface area (Å²) in [5, 5.41) is 5.18. The van der Waals surface area contributed by atoms with E-state index in [2.05, 4.69) is 10.6 Å². The van der Waals surface area contributed by atoms with Crippen molar-refractivity contribution in [1.29, 1.82) is 0 Å². The monoisotopic (exact) mass is 288 g/mol. The Morgan fingerprint density at radius 1 is 1.25 bits per heavy atom. The van der Waals surface area contributed by atoms with Crippen LogP contribution in [0, 0.1) is 17.5 Å². The molecule has 0 aromatic heterocycles. The Balaban J connectivity index is 2.81. The van der Waals surface area contributed by atoms with Crippen molar-refractivity contribution < 1.29 is 18.0 Å². The molecule has 6 heteroatoms. The van der Waals surface area contributed by atoms with Crippen LogP contribution in [0.3, 0.4) is 0 Å². The molecular weight excluding hydrogens is 269 g/mol. The van der Waals surface area contributed by atoms with Crippen molar-refractivity contribution in [3.63, 3.8) is 0 Å². The molecule has 1 atom stereocenters. The fraction of sp³-hybridized carbons (Fsp3) is 0.500. The number of carbonyl (C=O) groups is 1. The lowest BCUT2D eigenvalue weighted by atomic mass is 10.0. The first-order chi connectivity index (χ1) is 9.16. The first-order valence-corrected chi connectivity index (χ1v) is 6.39. The lowest BCUT2D eigenvalue weighted by molar-refractivity contribution is -0.123. The maximum absolute atomic E-state index is 13.5. The lowest BCUT2D eigenvalue weighted by Crippen LogP contribution is -2.48. The molecule has 1 rings (SSSR count). The van der Waals surface area contributed by atoms with Crippen LogP contribution in [-0.2, 0) is 4.79 Å². The molecule has 0 aliphatic carbocycles. The molecule has 20 heavy (non-hydrogen) atoms. The summed E-state index contributed by atoms with van der Waals surface area (Å²) in [4.78, 5) is 11.9. The zero-order chi connectivity index (χ0) is 15.5. The first-order valence-electron chi connectivity index (χ1n) is 6.39. The van der Waals surface area contributed by atoms with E-state index < -0.39 is 34.7 Å². The van der Waals surface area contributed by atoms with Crippen LogP contribution < -0.4 is 10.6 Å². The van der Waals surface area contributed by atoms with E-state index in [0.29, 0.717) is 18.6 Å². The van der Waals surface area contributed by atoms with Gasteiger partial charge in [0.1, 0.15) is 17.5 Å². The maximum Gasteiger partial charge on any atom is 0.242 e. The number of anilines is 1. The van der Waals surface area contributed by atoms with Gasteiger partial charge in [-0.1, -0.05) is 6.92 Å². The zero-order valence-electron chi connectivity index (χ0n) is 12.0. The highest BCUT2D eigenvalue weighted by Crippen LogP contribution is 2.21. The second kappa shape index (κ2) is 6.15. The average molecular weight is 288 g/mol. The standard InChI is InChI=1S/C14H19F3N2O/c1-5-14(3,4)19-13(20)8(2)18-12-10(16)6-9(15)7-11(12)17/h6-8,18H,5H2,1-4H3,(H,19,20). The van der Waals surface area contributed by atoms with Gasteiger partial charge in [0, 0.05) is 17.7 Å². The van der Waals surface area contributed by atoms with E-state index in [-0.39, 0.29) is 5.91 Å². The summed E-state index contributed by atoms with van der Waals surface area (Å²) >= 11 is 0. The molecule has 1 unspecified atom stereocenters. The highest BCUT2D eigenvalue weighted by molar-refractivity contribution is 5.84. The summed E-state index contributed by atoms with van der Waals surface area (Å²) in [6.45, 7) is 7.08. The number of carbonyl (C=O) groups excluding carboxylic acids is 1. The highest BCUT2D eigenvalue weighted by atomic mass is 19.1. The van der Waals surface area contributed by atoms with E-state index in [4.69, 9.17) is 0 Å². The fourth-order valence-corrected chi connectivity index (χ4v) is 1.49. The Hall–Kier alpha value is -1.72. The molecule has 0 heterocycles. The molecule has 0 spiro atoms. The number of hydrogen-bond acceptors (Lipinski definition) is 2. The molecule has 0 aliphatic rings. The summed E-state index contributed by atoms with van der Waals surface area (Å²) in [7, 11) is 0. The Bertz CT molecular complexity index is 480. The summed E-state index contributed by atoms with van der Waals surface area (Å²) in [5.74, 6) is -3.54. The van der Waals surface area contributed by atoms with Crippen LogP contribution in [0.25, 0.3) is 0 Å². The minimum absolute atomic E-state index is 0.389. The van der Waals surface area contributed by atoms with E-state index in [9.17, 15) is 18.0 Å². The highest BCUT2D eigenvalue weighted by Gasteiger charge is 2.23. The molecule has 0 aliphatic heterocycles. The van der Waals surface area contributed by atoms with Crippen LogP contribution in [0.2, 0.25) is 0 Å². The third kappa shape index (κ3) is 4.15. The van der Waals surface area contributed by atoms with Crippen LogP contribution in [-0.4, -0.2) is 17.5 Å². The zero-order valence-corrected chi connectivity index (χ0v) is 12.0. The molecule has 3 nitrogen and oxygen atoms in total. The van der Waals surface area contributed by atoms with Crippen LogP contribution in [0.4, 0.5) is 18.9 Å². The maximum atomic E-state index is 13.5. The Kier molecular flexibility index (Phi) is 5.03. The van der Waals surface area contributed by atoms with Gasteiger partial charge in [-0.25, -0.2) is 13.2 Å². The van der Waals surface area contributed by atoms with Gasteiger partial charge in [0.25, 0.3) is 0 Å². The summed E-state index contributed by atoms with van der Waals surface area (Å²) < 4.78 is 39.7. The smallest absolute Gasteiger partial charge is 0.242 e. The number of amides is 1. The third-order valence-corrected chi connectivity index (χ3v) is 3.11. The molecule has 0 radical (unpaired) electrons. The number of nitrogens with one attached hydrogen (secondary N) is 2. The van der Waals surface area contributed by atoms with Crippen molar-refractivity contribution in [3.8, 4) is 0 Å². The number of halogens is 3. The quantitative estimate of drug-likeness (QED) is 0.873.